The number of hydrogen-bond donors (Lipinski definition) is 7. The van der Waals surface area contributed by atoms with Gasteiger partial charge in [-0.3, -0.25) is 23.1 Å². The number of nitrogen functional groups attached to an aromatic ring is 1. The molecule has 40 heavy (non-hydrogen) atoms. The summed E-state index contributed by atoms with van der Waals surface area (Å²) in [5.41, 5.74) is 5.94. The number of para-hydroxylation sites is 1. The van der Waals surface area contributed by atoms with Crippen LogP contribution in [0.15, 0.2) is 36.9 Å². The second kappa shape index (κ2) is 13.6. The number of carbonyl (C=O) groups is 3. The molecule has 1 aliphatic heterocycles. The summed E-state index contributed by atoms with van der Waals surface area (Å²) in [5, 5.41) is 45.2. The van der Waals surface area contributed by atoms with Gasteiger partial charge in [-0.25, -0.2) is 19.7 Å². The highest BCUT2D eigenvalue weighted by Gasteiger charge is 2.45. The molecule has 0 saturated carbocycles. The number of imidazole rings is 1. The number of benzene rings is 1. The molecule has 3 aromatic rings. The summed E-state index contributed by atoms with van der Waals surface area (Å²) in [6.45, 7) is 1.45. The van der Waals surface area contributed by atoms with Crippen molar-refractivity contribution in [3.63, 3.8) is 0 Å². The monoisotopic (exact) mass is 586 g/mol. The van der Waals surface area contributed by atoms with Crippen LogP contribution in [-0.4, -0.2) is 96.2 Å². The number of nitrogens with zero attached hydrogens (tertiary/aromatic N) is 4. The van der Waals surface area contributed by atoms with E-state index < -0.39 is 65.0 Å². The number of hydrogen-bond acceptors (Lipinski definition) is 14. The van der Waals surface area contributed by atoms with Crippen molar-refractivity contribution in [1.29, 1.82) is 0 Å². The lowest BCUT2D eigenvalue weighted by atomic mass is 10.1. The molecule has 18 nitrogen and oxygen atoms in total. The predicted molar refractivity (Wildman–Crippen MR) is 133 cm³/mol. The van der Waals surface area contributed by atoms with Gasteiger partial charge in [-0.2, -0.15) is 8.42 Å². The number of fused-ring (bicyclic) bond motifs is 1. The number of phenolic OH excluding ortho intramolecular Hbond substituents is 1. The summed E-state index contributed by atoms with van der Waals surface area (Å²) >= 11 is 0. The number of rotatable bonds is 6. The van der Waals surface area contributed by atoms with E-state index in [1.165, 1.54) is 41.5 Å². The Hall–Kier alpha value is -4.43. The van der Waals surface area contributed by atoms with Crippen LogP contribution in [-0.2, 0) is 28.8 Å². The number of carboxylic acid groups (broad SMARTS) is 2. The van der Waals surface area contributed by atoms with Crippen LogP contribution in [0.5, 0.6) is 5.75 Å². The minimum atomic E-state index is -4.63. The lowest BCUT2D eigenvalue weighted by Gasteiger charge is -2.16. The molecule has 0 radical (unpaired) electrons. The zero-order chi connectivity index (χ0) is 30.2. The van der Waals surface area contributed by atoms with Crippen LogP contribution in [0.25, 0.3) is 11.2 Å². The molecule has 1 aliphatic rings. The number of aromatic nitrogens is 4. The van der Waals surface area contributed by atoms with Crippen molar-refractivity contribution < 1.29 is 57.3 Å². The second-order valence-corrected chi connectivity index (χ2v) is 9.20. The Bertz CT molecular complexity index is 1440. The highest BCUT2D eigenvalue weighted by atomic mass is 32.2. The average molecular weight is 587 g/mol. The molecule has 1 fully saturated rings. The molecule has 8 N–H and O–H groups in total. The van der Waals surface area contributed by atoms with Crippen LogP contribution < -0.4 is 10.5 Å². The van der Waals surface area contributed by atoms with E-state index in [0.717, 1.165) is 13.8 Å². The largest absolute Gasteiger partial charge is 0.507 e. The van der Waals surface area contributed by atoms with E-state index in [1.54, 1.807) is 4.72 Å². The van der Waals surface area contributed by atoms with E-state index in [1.807, 2.05) is 0 Å². The third kappa shape index (κ3) is 8.54. The smallest absolute Gasteiger partial charge is 0.362 e. The fourth-order valence-electron chi connectivity index (χ4n) is 3.17. The van der Waals surface area contributed by atoms with Gasteiger partial charge in [-0.1, -0.05) is 12.1 Å². The van der Waals surface area contributed by atoms with Gasteiger partial charge in [0.1, 0.15) is 35.9 Å². The number of carboxylic acids is 2. The molecule has 0 unspecified atom stereocenters. The summed E-state index contributed by atoms with van der Waals surface area (Å²) in [5.74, 6) is -3.10. The number of nitrogens with two attached hydrogens (primary N) is 1. The maximum absolute atomic E-state index is 12.1. The summed E-state index contributed by atoms with van der Waals surface area (Å²) in [4.78, 5) is 41.9. The Morgan fingerprint density at radius 2 is 1.68 bits per heavy atom. The quantitative estimate of drug-likeness (QED) is 0.175. The fraction of sp³-hybridized carbons (Fsp3) is 0.333. The fourth-order valence-corrected chi connectivity index (χ4v) is 3.88. The first kappa shape index (κ1) is 31.8. The molecular formula is C21H26N6O12S. The van der Waals surface area contributed by atoms with E-state index in [-0.39, 0.29) is 22.5 Å². The minimum Gasteiger partial charge on any atom is -0.507 e. The predicted octanol–water partition coefficient (Wildman–Crippen LogP) is -1.39. The summed E-state index contributed by atoms with van der Waals surface area (Å²) in [6.07, 6.45) is -2.98. The third-order valence-corrected chi connectivity index (χ3v) is 5.63. The van der Waals surface area contributed by atoms with Gasteiger partial charge >= 0.3 is 10.3 Å². The number of phenols is 1. The number of carbonyl (C=O) groups excluding carboxylic acids is 1. The number of anilines is 1. The maximum atomic E-state index is 12.1. The van der Waals surface area contributed by atoms with Crippen LogP contribution in [0.2, 0.25) is 0 Å². The first-order chi connectivity index (χ1) is 18.6. The molecule has 3 heterocycles. The Kier molecular flexibility index (Phi) is 10.8. The lowest BCUT2D eigenvalue weighted by molar-refractivity contribution is -0.135. The molecule has 1 saturated heterocycles. The Labute approximate surface area is 225 Å². The number of amides is 1. The molecule has 0 spiro atoms. The number of aliphatic hydroxyl groups excluding tert-OH is 2. The van der Waals surface area contributed by atoms with Gasteiger partial charge in [0.15, 0.2) is 17.7 Å². The van der Waals surface area contributed by atoms with Gasteiger partial charge in [0.2, 0.25) is 0 Å². The van der Waals surface area contributed by atoms with Crippen LogP contribution in [0, 0.1) is 0 Å². The molecule has 0 bridgehead atoms. The van der Waals surface area contributed by atoms with Gasteiger partial charge in [0.25, 0.3) is 17.8 Å². The van der Waals surface area contributed by atoms with Crippen molar-refractivity contribution in [3.05, 3.63) is 42.5 Å². The van der Waals surface area contributed by atoms with E-state index in [0.29, 0.717) is 0 Å². The van der Waals surface area contributed by atoms with Crippen molar-refractivity contribution in [2.75, 3.05) is 12.3 Å². The molecule has 0 aliphatic carbocycles. The lowest BCUT2D eigenvalue weighted by Crippen LogP contribution is -2.37. The third-order valence-electron chi connectivity index (χ3n) is 4.75. The average Bonchev–Trinajstić information content (AvgIpc) is 3.39. The minimum absolute atomic E-state index is 0.105. The molecule has 2 aromatic heterocycles. The maximum Gasteiger partial charge on any atom is 0.362 e. The van der Waals surface area contributed by atoms with Crippen LogP contribution in [0.1, 0.15) is 30.4 Å². The molecule has 1 amide bonds. The number of aromatic hydroxyl groups is 1. The number of aliphatic hydroxyl groups is 2. The summed E-state index contributed by atoms with van der Waals surface area (Å²) in [6, 6.07) is 5.33. The van der Waals surface area contributed by atoms with Crippen LogP contribution >= 0.6 is 0 Å². The van der Waals surface area contributed by atoms with E-state index in [9.17, 15) is 28.5 Å². The first-order valence-corrected chi connectivity index (χ1v) is 12.4. The molecule has 19 heteroatoms. The van der Waals surface area contributed by atoms with Crippen molar-refractivity contribution in [1.82, 2.24) is 24.2 Å². The zero-order valence-corrected chi connectivity index (χ0v) is 21.7. The Balaban J connectivity index is 0.000000621. The normalized spacial score (nSPS) is 20.0. The van der Waals surface area contributed by atoms with Crippen molar-refractivity contribution >= 4 is 45.1 Å². The van der Waals surface area contributed by atoms with Crippen LogP contribution in [0.3, 0.4) is 0 Å². The topological polar surface area (TPSA) is 287 Å². The second-order valence-electron chi connectivity index (χ2n) is 7.85. The van der Waals surface area contributed by atoms with E-state index >= 15 is 0 Å². The molecule has 218 valence electrons. The van der Waals surface area contributed by atoms with Crippen molar-refractivity contribution in [2.24, 2.45) is 0 Å². The van der Waals surface area contributed by atoms with Crippen molar-refractivity contribution in [2.45, 2.75) is 38.4 Å². The van der Waals surface area contributed by atoms with E-state index in [2.05, 4.69) is 15.0 Å². The first-order valence-electron chi connectivity index (χ1n) is 11.0. The highest BCUT2D eigenvalue weighted by molar-refractivity contribution is 7.85. The molecular weight excluding hydrogens is 560 g/mol. The van der Waals surface area contributed by atoms with Gasteiger partial charge in [0.05, 0.1) is 18.5 Å². The number of ether oxygens (including phenoxy) is 1. The number of aliphatic carboxylic acids is 2. The van der Waals surface area contributed by atoms with Crippen molar-refractivity contribution in [3.8, 4) is 5.75 Å². The Morgan fingerprint density at radius 3 is 2.27 bits per heavy atom. The van der Waals surface area contributed by atoms with Gasteiger partial charge in [-0.05, 0) is 12.1 Å². The highest BCUT2D eigenvalue weighted by Crippen LogP contribution is 2.32. The molecule has 1 aromatic carbocycles. The van der Waals surface area contributed by atoms with Gasteiger partial charge < -0.3 is 36.0 Å². The molecule has 4 atom stereocenters. The zero-order valence-electron chi connectivity index (χ0n) is 20.8. The standard InChI is InChI=1S/C17H18N6O8S.2C2H4O2/c18-14-11-15(20-6-19-14)23(7-21-11)17-13(26)12(25)10(31-17)5-30-32(28,29)22-16(27)8-3-1-2-4-9(8)24;2*1-2(3)4/h1-4,6-7,10,12-13,17,24-26H,5H2,(H,22,27)(H2,18,19,20);2*1H3,(H,3,4)/t10-,12-,13-,17-;;/m1../s1. The molecule has 4 rings (SSSR count). The van der Waals surface area contributed by atoms with Gasteiger partial charge in [0, 0.05) is 13.8 Å². The van der Waals surface area contributed by atoms with Crippen LogP contribution in [0.4, 0.5) is 5.82 Å². The number of nitrogens with one attached hydrogen (secondary N) is 1. The summed E-state index contributed by atoms with van der Waals surface area (Å²) in [7, 11) is -4.63. The SMILES string of the molecule is CC(=O)O.CC(=O)O.Nc1ncnc2c1ncn2[C@@H]1O[C@H](COS(=O)(=O)NC(=O)c2ccccc2O)[C@@H](O)[C@H]1O. The summed E-state index contributed by atoms with van der Waals surface area (Å²) < 4.78 is 37.5. The van der Waals surface area contributed by atoms with E-state index in [4.69, 9.17) is 34.5 Å². The Morgan fingerprint density at radius 1 is 1.07 bits per heavy atom. The van der Waals surface area contributed by atoms with Gasteiger partial charge in [-0.15, -0.1) is 0 Å².